The van der Waals surface area contributed by atoms with Crippen LogP contribution in [0.2, 0.25) is 5.15 Å². The molecule has 5 nitrogen and oxygen atoms in total. The number of halogens is 1. The fraction of sp³-hybridized carbons (Fsp3) is 0.0526. The van der Waals surface area contributed by atoms with E-state index in [0.717, 1.165) is 27.9 Å². The van der Waals surface area contributed by atoms with Crippen molar-refractivity contribution in [3.63, 3.8) is 0 Å². The monoisotopic (exact) mass is 348 g/mol. The average molecular weight is 349 g/mol. The Kier molecular flexibility index (Phi) is 3.78. The second-order valence-electron chi connectivity index (χ2n) is 5.68. The molecule has 4 aromatic rings. The first-order valence-electron chi connectivity index (χ1n) is 7.70. The Morgan fingerprint density at radius 3 is 2.68 bits per heavy atom. The van der Waals surface area contributed by atoms with Gasteiger partial charge in [0.25, 0.3) is 0 Å². The highest BCUT2D eigenvalue weighted by atomic mass is 35.5. The molecular weight excluding hydrogens is 336 g/mol. The molecule has 0 saturated carbocycles. The summed E-state index contributed by atoms with van der Waals surface area (Å²) < 4.78 is 0. The van der Waals surface area contributed by atoms with E-state index in [4.69, 9.17) is 11.6 Å². The molecule has 0 radical (unpaired) electrons. The van der Waals surface area contributed by atoms with E-state index in [1.165, 1.54) is 6.07 Å². The fourth-order valence-corrected chi connectivity index (χ4v) is 3.03. The second kappa shape index (κ2) is 6.11. The van der Waals surface area contributed by atoms with Crippen molar-refractivity contribution in [3.05, 3.63) is 75.9 Å². The van der Waals surface area contributed by atoms with Crippen LogP contribution in [0.4, 0.5) is 0 Å². The van der Waals surface area contributed by atoms with Gasteiger partial charge in [-0.3, -0.25) is 9.78 Å². The summed E-state index contributed by atoms with van der Waals surface area (Å²) in [7, 11) is 0. The third kappa shape index (κ3) is 3.02. The summed E-state index contributed by atoms with van der Waals surface area (Å²) >= 11 is 6.14. The van der Waals surface area contributed by atoms with Crippen molar-refractivity contribution in [3.8, 4) is 22.5 Å². The Balaban J connectivity index is 2.07. The van der Waals surface area contributed by atoms with Crippen molar-refractivity contribution in [1.82, 2.24) is 19.9 Å². The van der Waals surface area contributed by atoms with Crippen LogP contribution >= 0.6 is 11.6 Å². The Labute approximate surface area is 148 Å². The van der Waals surface area contributed by atoms with Gasteiger partial charge in [-0.2, -0.15) is 0 Å². The lowest BCUT2D eigenvalue weighted by atomic mass is 10.0. The first kappa shape index (κ1) is 15.5. The van der Waals surface area contributed by atoms with Gasteiger partial charge in [0, 0.05) is 28.9 Å². The Bertz CT molecular complexity index is 1120. The number of fused-ring (bicyclic) bond motifs is 1. The molecule has 122 valence electrons. The molecule has 6 heteroatoms. The molecular formula is C19H13ClN4O. The van der Waals surface area contributed by atoms with Crippen LogP contribution in [-0.2, 0) is 0 Å². The first-order valence-corrected chi connectivity index (χ1v) is 8.08. The maximum absolute atomic E-state index is 11.6. The molecule has 0 amide bonds. The summed E-state index contributed by atoms with van der Waals surface area (Å²) in [4.78, 5) is 27.7. The zero-order valence-corrected chi connectivity index (χ0v) is 14.1. The first-order chi connectivity index (χ1) is 12.1. The number of aryl methyl sites for hydroxylation is 1. The van der Waals surface area contributed by atoms with Gasteiger partial charge in [0.15, 0.2) is 0 Å². The molecule has 0 saturated heterocycles. The summed E-state index contributed by atoms with van der Waals surface area (Å²) in [5.41, 5.74) is 4.32. The number of pyridine rings is 4. The lowest BCUT2D eigenvalue weighted by Crippen LogP contribution is -2.05. The molecule has 0 bridgehead atoms. The zero-order valence-electron chi connectivity index (χ0n) is 13.3. The molecule has 25 heavy (non-hydrogen) atoms. The van der Waals surface area contributed by atoms with E-state index in [0.29, 0.717) is 16.5 Å². The second-order valence-corrected chi connectivity index (χ2v) is 6.07. The number of H-pyrrole nitrogens is 1. The summed E-state index contributed by atoms with van der Waals surface area (Å²) in [6.45, 7) is 1.89. The van der Waals surface area contributed by atoms with Crippen molar-refractivity contribution in [2.45, 2.75) is 6.92 Å². The van der Waals surface area contributed by atoms with Crippen LogP contribution in [0.1, 0.15) is 5.69 Å². The van der Waals surface area contributed by atoms with E-state index < -0.39 is 0 Å². The van der Waals surface area contributed by atoms with Crippen LogP contribution in [0.5, 0.6) is 0 Å². The average Bonchev–Trinajstić information content (AvgIpc) is 2.60. The van der Waals surface area contributed by atoms with Gasteiger partial charge in [-0.05, 0) is 48.9 Å². The molecule has 0 fully saturated rings. The van der Waals surface area contributed by atoms with E-state index in [1.54, 1.807) is 18.3 Å². The fourth-order valence-electron chi connectivity index (χ4n) is 2.78. The van der Waals surface area contributed by atoms with Crippen LogP contribution < -0.4 is 5.56 Å². The van der Waals surface area contributed by atoms with Gasteiger partial charge in [0.1, 0.15) is 10.8 Å². The molecule has 0 aromatic carbocycles. The highest BCUT2D eigenvalue weighted by Gasteiger charge is 2.14. The molecule has 0 aliphatic carbocycles. The number of hydrogen-bond acceptors (Lipinski definition) is 4. The Morgan fingerprint density at radius 2 is 1.92 bits per heavy atom. The SMILES string of the molecule is Cc1cc(-c2cc3ccc(=O)[nH]c3nc2-c2ccccn2)cc(Cl)n1. The Morgan fingerprint density at radius 1 is 1.04 bits per heavy atom. The van der Waals surface area contributed by atoms with Crippen molar-refractivity contribution in [2.75, 3.05) is 0 Å². The third-order valence-electron chi connectivity index (χ3n) is 3.85. The van der Waals surface area contributed by atoms with Gasteiger partial charge < -0.3 is 4.98 Å². The summed E-state index contributed by atoms with van der Waals surface area (Å²) in [6.07, 6.45) is 1.71. The standard InChI is InChI=1S/C19H13ClN4O/c1-11-8-13(10-16(20)22-11)14-9-12-5-6-17(25)23-19(12)24-18(14)15-4-2-3-7-21-15/h2-10H,1H3,(H,23,24,25). The largest absolute Gasteiger partial charge is 0.307 e. The van der Waals surface area contributed by atoms with Crippen molar-refractivity contribution >= 4 is 22.6 Å². The van der Waals surface area contributed by atoms with Gasteiger partial charge in [-0.25, -0.2) is 9.97 Å². The highest BCUT2D eigenvalue weighted by molar-refractivity contribution is 6.29. The molecule has 0 spiro atoms. The summed E-state index contributed by atoms with van der Waals surface area (Å²) in [6, 6.07) is 14.6. The maximum atomic E-state index is 11.6. The van der Waals surface area contributed by atoms with Gasteiger partial charge >= 0.3 is 0 Å². The number of nitrogens with zero attached hydrogens (tertiary/aromatic N) is 3. The lowest BCUT2D eigenvalue weighted by Gasteiger charge is -2.11. The van der Waals surface area contributed by atoms with Crippen LogP contribution in [0.25, 0.3) is 33.5 Å². The number of hydrogen-bond donors (Lipinski definition) is 1. The number of nitrogens with one attached hydrogen (secondary N) is 1. The Hall–Kier alpha value is -3.05. The molecule has 4 rings (SSSR count). The normalized spacial score (nSPS) is 11.0. The minimum atomic E-state index is -0.192. The van der Waals surface area contributed by atoms with Gasteiger partial charge in [-0.1, -0.05) is 17.7 Å². The van der Waals surface area contributed by atoms with E-state index in [1.807, 2.05) is 37.3 Å². The molecule has 1 N–H and O–H groups in total. The van der Waals surface area contributed by atoms with Crippen molar-refractivity contribution in [2.24, 2.45) is 0 Å². The topological polar surface area (TPSA) is 71.5 Å². The number of aromatic amines is 1. The van der Waals surface area contributed by atoms with Crippen LogP contribution in [-0.4, -0.2) is 19.9 Å². The molecule has 4 aromatic heterocycles. The molecule has 0 unspecified atom stereocenters. The summed E-state index contributed by atoms with van der Waals surface area (Å²) in [5, 5.41) is 1.25. The van der Waals surface area contributed by atoms with Gasteiger partial charge in [0.2, 0.25) is 5.56 Å². The quantitative estimate of drug-likeness (QED) is 0.555. The lowest BCUT2D eigenvalue weighted by molar-refractivity contribution is 1.19. The third-order valence-corrected chi connectivity index (χ3v) is 4.04. The minimum Gasteiger partial charge on any atom is -0.307 e. The maximum Gasteiger partial charge on any atom is 0.249 e. The van der Waals surface area contributed by atoms with Crippen LogP contribution in [0, 0.1) is 6.92 Å². The highest BCUT2D eigenvalue weighted by Crippen LogP contribution is 2.33. The van der Waals surface area contributed by atoms with E-state index in [2.05, 4.69) is 19.9 Å². The predicted molar refractivity (Wildman–Crippen MR) is 98.6 cm³/mol. The molecule has 0 atom stereocenters. The van der Waals surface area contributed by atoms with Crippen molar-refractivity contribution < 1.29 is 0 Å². The van der Waals surface area contributed by atoms with Gasteiger partial charge in [-0.15, -0.1) is 0 Å². The molecule has 4 heterocycles. The molecule has 0 aliphatic rings. The minimum absolute atomic E-state index is 0.192. The van der Waals surface area contributed by atoms with Crippen molar-refractivity contribution in [1.29, 1.82) is 0 Å². The van der Waals surface area contributed by atoms with Crippen LogP contribution in [0.15, 0.2) is 59.5 Å². The predicted octanol–water partition coefficient (Wildman–Crippen LogP) is 4.01. The molecule has 0 aliphatic heterocycles. The van der Waals surface area contributed by atoms with Gasteiger partial charge in [0.05, 0.1) is 11.4 Å². The number of aromatic nitrogens is 4. The van der Waals surface area contributed by atoms with E-state index >= 15 is 0 Å². The van der Waals surface area contributed by atoms with E-state index in [9.17, 15) is 4.79 Å². The smallest absolute Gasteiger partial charge is 0.249 e. The van der Waals surface area contributed by atoms with E-state index in [-0.39, 0.29) is 5.56 Å². The summed E-state index contributed by atoms with van der Waals surface area (Å²) in [5.74, 6) is 0. The number of rotatable bonds is 2. The zero-order chi connectivity index (χ0) is 17.4. The van der Waals surface area contributed by atoms with Crippen LogP contribution in [0.3, 0.4) is 0 Å².